The van der Waals surface area contributed by atoms with Crippen LogP contribution >= 0.6 is 0 Å². The highest BCUT2D eigenvalue weighted by Crippen LogP contribution is 2.38. The van der Waals surface area contributed by atoms with Gasteiger partial charge in [0.1, 0.15) is 6.61 Å². The summed E-state index contributed by atoms with van der Waals surface area (Å²) in [6.07, 6.45) is -4.78. The van der Waals surface area contributed by atoms with Crippen molar-refractivity contribution < 1.29 is 32.3 Å². The third kappa shape index (κ3) is 6.17. The minimum absolute atomic E-state index is 0.0198. The van der Waals surface area contributed by atoms with Crippen LogP contribution < -0.4 is 21.3 Å². The first kappa shape index (κ1) is 23.6. The first-order chi connectivity index (χ1) is 13.8. The number of alkyl halides is 3. The van der Waals surface area contributed by atoms with Crippen molar-refractivity contribution in [2.24, 2.45) is 11.1 Å². The van der Waals surface area contributed by atoms with Crippen LogP contribution in [0.1, 0.15) is 26.3 Å². The number of morpholine rings is 1. The van der Waals surface area contributed by atoms with Crippen molar-refractivity contribution in [1.29, 1.82) is 0 Å². The van der Waals surface area contributed by atoms with Crippen molar-refractivity contribution in [3.05, 3.63) is 23.8 Å². The minimum atomic E-state index is -4.78. The van der Waals surface area contributed by atoms with Gasteiger partial charge in [0, 0.05) is 18.8 Å². The predicted octanol–water partition coefficient (Wildman–Crippen LogP) is 1.50. The molecule has 1 fully saturated rings. The first-order valence-corrected chi connectivity index (χ1v) is 9.22. The van der Waals surface area contributed by atoms with Crippen LogP contribution in [0.3, 0.4) is 0 Å². The van der Waals surface area contributed by atoms with Crippen molar-refractivity contribution in [3.63, 3.8) is 0 Å². The Balaban J connectivity index is 2.28. The summed E-state index contributed by atoms with van der Waals surface area (Å²) in [6.45, 7) is 5.68. The number of benzene rings is 1. The highest BCUT2D eigenvalue weighted by atomic mass is 19.4. The molecule has 1 heterocycles. The fourth-order valence-electron chi connectivity index (χ4n) is 2.79. The van der Waals surface area contributed by atoms with Crippen LogP contribution in [0.4, 0.5) is 24.5 Å². The molecule has 11 heteroatoms. The van der Waals surface area contributed by atoms with Gasteiger partial charge in [-0.25, -0.2) is 0 Å². The maximum atomic E-state index is 13.6. The largest absolute Gasteiger partial charge is 0.418 e. The SMILES string of the molecule is CC(C)(C)CN[C@@H](C(N)=O)C(=O)Nc1ccc(N2CCOCC2=O)c(C(F)(F)F)c1. The number of primary amides is 1. The van der Waals surface area contributed by atoms with Crippen molar-refractivity contribution >= 4 is 29.1 Å². The van der Waals surface area contributed by atoms with Crippen LogP contribution in [0, 0.1) is 5.41 Å². The van der Waals surface area contributed by atoms with Gasteiger partial charge in [-0.2, -0.15) is 13.2 Å². The summed E-state index contributed by atoms with van der Waals surface area (Å²) >= 11 is 0. The number of carbonyl (C=O) groups excluding carboxylic acids is 3. The number of amides is 3. The molecule has 0 spiro atoms. The number of nitrogens with one attached hydrogen (secondary N) is 2. The molecule has 30 heavy (non-hydrogen) atoms. The van der Waals surface area contributed by atoms with Crippen molar-refractivity contribution in [2.75, 3.05) is 36.5 Å². The van der Waals surface area contributed by atoms with E-state index in [0.717, 1.165) is 17.0 Å². The zero-order chi connectivity index (χ0) is 22.7. The quantitative estimate of drug-likeness (QED) is 0.592. The molecule has 0 bridgehead atoms. The van der Waals surface area contributed by atoms with E-state index in [2.05, 4.69) is 10.6 Å². The fraction of sp³-hybridized carbons (Fsp3) is 0.526. The van der Waals surface area contributed by atoms with Gasteiger partial charge in [0.05, 0.1) is 17.9 Å². The predicted molar refractivity (Wildman–Crippen MR) is 104 cm³/mol. The van der Waals surface area contributed by atoms with Crippen molar-refractivity contribution in [1.82, 2.24) is 5.32 Å². The number of hydrogen-bond donors (Lipinski definition) is 3. The zero-order valence-corrected chi connectivity index (χ0v) is 16.9. The lowest BCUT2D eigenvalue weighted by Crippen LogP contribution is -2.51. The second kappa shape index (κ2) is 9.00. The average molecular weight is 430 g/mol. The molecule has 1 saturated heterocycles. The number of rotatable bonds is 6. The number of nitrogens with zero attached hydrogens (tertiary/aromatic N) is 1. The van der Waals surface area contributed by atoms with Gasteiger partial charge >= 0.3 is 6.18 Å². The smallest absolute Gasteiger partial charge is 0.370 e. The minimum Gasteiger partial charge on any atom is -0.370 e. The second-order valence-corrected chi connectivity index (χ2v) is 8.09. The summed E-state index contributed by atoms with van der Waals surface area (Å²) in [5.41, 5.74) is 3.40. The van der Waals surface area contributed by atoms with Crippen LogP contribution in [0.5, 0.6) is 0 Å². The Morgan fingerprint density at radius 1 is 1.27 bits per heavy atom. The van der Waals surface area contributed by atoms with Gasteiger partial charge in [0.25, 0.3) is 11.8 Å². The Bertz CT molecular complexity index is 821. The lowest BCUT2D eigenvalue weighted by Gasteiger charge is -2.29. The summed E-state index contributed by atoms with van der Waals surface area (Å²) in [6, 6.07) is 1.63. The van der Waals surface area contributed by atoms with E-state index in [1.54, 1.807) is 0 Å². The number of carbonyl (C=O) groups is 3. The summed E-state index contributed by atoms with van der Waals surface area (Å²) in [5.74, 6) is -2.43. The summed E-state index contributed by atoms with van der Waals surface area (Å²) < 4.78 is 45.8. The molecule has 1 aliphatic heterocycles. The molecule has 8 nitrogen and oxygen atoms in total. The van der Waals surface area contributed by atoms with Crippen LogP contribution in [0.25, 0.3) is 0 Å². The average Bonchev–Trinajstić information content (AvgIpc) is 2.60. The first-order valence-electron chi connectivity index (χ1n) is 9.22. The van der Waals surface area contributed by atoms with Gasteiger partial charge in [0.2, 0.25) is 5.91 Å². The van der Waals surface area contributed by atoms with Crippen LogP contribution in [0.15, 0.2) is 18.2 Å². The maximum Gasteiger partial charge on any atom is 0.418 e. The molecule has 1 aromatic rings. The standard InChI is InChI=1S/C19H25F3N4O4/c1-18(2,3)10-24-15(16(23)28)17(29)25-11-4-5-13(12(8-11)19(20,21)22)26-6-7-30-9-14(26)27/h4-5,8,15,24H,6-7,9-10H2,1-3H3,(H2,23,28)(H,25,29)/t15-/m0/s1. The molecule has 0 radical (unpaired) electrons. The molecule has 1 aliphatic rings. The van der Waals surface area contributed by atoms with Crippen LogP contribution in [0.2, 0.25) is 0 Å². The van der Waals surface area contributed by atoms with E-state index in [0.29, 0.717) is 0 Å². The van der Waals surface area contributed by atoms with Gasteiger partial charge in [-0.1, -0.05) is 20.8 Å². The normalized spacial score (nSPS) is 16.3. The summed E-state index contributed by atoms with van der Waals surface area (Å²) in [4.78, 5) is 37.0. The van der Waals surface area contributed by atoms with Gasteiger partial charge in [-0.3, -0.25) is 19.7 Å². The molecule has 166 valence electrons. The molecule has 1 aromatic carbocycles. The van der Waals surface area contributed by atoms with E-state index in [-0.39, 0.29) is 43.1 Å². The summed E-state index contributed by atoms with van der Waals surface area (Å²) in [7, 11) is 0. The van der Waals surface area contributed by atoms with Crippen LogP contribution in [-0.4, -0.2) is 50.1 Å². The molecule has 0 aliphatic carbocycles. The fourth-order valence-corrected chi connectivity index (χ4v) is 2.79. The van der Waals surface area contributed by atoms with Crippen molar-refractivity contribution in [2.45, 2.75) is 33.0 Å². The topological polar surface area (TPSA) is 114 Å². The highest BCUT2D eigenvalue weighted by molar-refractivity contribution is 6.09. The number of nitrogens with two attached hydrogens (primary N) is 1. The van der Waals surface area contributed by atoms with E-state index < -0.39 is 35.5 Å². The molecule has 0 unspecified atom stereocenters. The van der Waals surface area contributed by atoms with E-state index >= 15 is 0 Å². The number of anilines is 2. The molecule has 4 N–H and O–H groups in total. The van der Waals surface area contributed by atoms with E-state index in [9.17, 15) is 27.6 Å². The highest BCUT2D eigenvalue weighted by Gasteiger charge is 2.37. The van der Waals surface area contributed by atoms with Gasteiger partial charge < -0.3 is 20.7 Å². The number of halogens is 3. The summed E-state index contributed by atoms with van der Waals surface area (Å²) in [5, 5.41) is 5.00. The Morgan fingerprint density at radius 2 is 1.93 bits per heavy atom. The lowest BCUT2D eigenvalue weighted by molar-refractivity contribution is -0.137. The third-order valence-electron chi connectivity index (χ3n) is 4.23. The molecule has 0 aromatic heterocycles. The molecule has 3 amide bonds. The van der Waals surface area contributed by atoms with Crippen LogP contribution in [-0.2, 0) is 25.3 Å². The molecule has 1 atom stereocenters. The molecule has 0 saturated carbocycles. The zero-order valence-electron chi connectivity index (χ0n) is 16.9. The van der Waals surface area contributed by atoms with E-state index in [1.807, 2.05) is 20.8 Å². The molecular weight excluding hydrogens is 405 g/mol. The Hall–Kier alpha value is -2.66. The lowest BCUT2D eigenvalue weighted by atomic mass is 9.96. The van der Waals surface area contributed by atoms with E-state index in [1.165, 1.54) is 6.07 Å². The molecular formula is C19H25F3N4O4. The van der Waals surface area contributed by atoms with Crippen molar-refractivity contribution in [3.8, 4) is 0 Å². The Labute approximate surface area is 171 Å². The maximum absolute atomic E-state index is 13.6. The number of ether oxygens (including phenoxy) is 1. The second-order valence-electron chi connectivity index (χ2n) is 8.09. The van der Waals surface area contributed by atoms with Gasteiger partial charge in [0.15, 0.2) is 6.04 Å². The van der Waals surface area contributed by atoms with E-state index in [4.69, 9.17) is 10.5 Å². The Kier molecular flexibility index (Phi) is 7.09. The van der Waals surface area contributed by atoms with Gasteiger partial charge in [-0.05, 0) is 23.6 Å². The monoisotopic (exact) mass is 430 g/mol. The third-order valence-corrected chi connectivity index (χ3v) is 4.23. The molecule has 2 rings (SSSR count). The number of hydrogen-bond acceptors (Lipinski definition) is 5. The van der Waals surface area contributed by atoms with Gasteiger partial charge in [-0.15, -0.1) is 0 Å². The Morgan fingerprint density at radius 3 is 2.47 bits per heavy atom.